The van der Waals surface area contributed by atoms with Gasteiger partial charge in [0, 0.05) is 16.7 Å². The van der Waals surface area contributed by atoms with Crippen LogP contribution >= 0.6 is 11.8 Å². The van der Waals surface area contributed by atoms with Crippen molar-refractivity contribution in [2.24, 2.45) is 0 Å². The maximum absolute atomic E-state index is 11.2. The lowest BCUT2D eigenvalue weighted by Crippen LogP contribution is -2.33. The number of carbonyl (C=O) groups is 1. The number of amides is 1. The second-order valence-electron chi connectivity index (χ2n) is 4.44. The smallest absolute Gasteiger partial charge is 0.233 e. The number of likely N-dealkylation sites (N-methyl/N-ethyl adjacent to an activating group) is 1. The van der Waals surface area contributed by atoms with Crippen LogP contribution < -0.4 is 10.6 Å². The minimum Gasteiger partial charge on any atom is -0.355 e. The molecule has 2 N–H and O–H groups in total. The Kier molecular flexibility index (Phi) is 6.83. The van der Waals surface area contributed by atoms with Gasteiger partial charge in [-0.2, -0.15) is 0 Å². The predicted molar refractivity (Wildman–Crippen MR) is 78.1 cm³/mol. The number of thioether (sulfide) groups is 1. The normalized spacial score (nSPS) is 10.7. The summed E-state index contributed by atoms with van der Waals surface area (Å²) in [7, 11) is 1.77. The zero-order chi connectivity index (χ0) is 13.4. The third-order valence-electron chi connectivity index (χ3n) is 2.37. The molecule has 0 spiro atoms. The van der Waals surface area contributed by atoms with E-state index in [4.69, 9.17) is 0 Å². The molecule has 0 saturated heterocycles. The molecule has 1 aromatic rings. The Hall–Kier alpha value is -1.00. The molecule has 1 amide bonds. The van der Waals surface area contributed by atoms with E-state index in [9.17, 15) is 4.79 Å². The number of carbonyl (C=O) groups excluding carboxylic acids is 1. The first-order chi connectivity index (χ1) is 8.61. The van der Waals surface area contributed by atoms with Gasteiger partial charge in [0.2, 0.25) is 5.91 Å². The van der Waals surface area contributed by atoms with E-state index in [1.807, 2.05) is 11.8 Å². The van der Waals surface area contributed by atoms with Crippen molar-refractivity contribution in [2.45, 2.75) is 30.4 Å². The molecular formula is C14H22N2OS. The number of nitrogens with one attached hydrogen (secondary N) is 2. The van der Waals surface area contributed by atoms with E-state index in [0.29, 0.717) is 18.3 Å². The molecule has 0 aliphatic rings. The largest absolute Gasteiger partial charge is 0.355 e. The van der Waals surface area contributed by atoms with Crippen LogP contribution in [0.1, 0.15) is 19.4 Å². The quantitative estimate of drug-likeness (QED) is 0.742. The lowest BCUT2D eigenvalue weighted by Gasteiger charge is -2.07. The van der Waals surface area contributed by atoms with Crippen LogP contribution in [0.15, 0.2) is 29.2 Å². The van der Waals surface area contributed by atoms with Crippen LogP contribution in [-0.4, -0.2) is 31.3 Å². The molecule has 0 radical (unpaired) electrons. The highest BCUT2D eigenvalue weighted by atomic mass is 32.2. The minimum absolute atomic E-state index is 0.0458. The number of rotatable bonds is 7. The molecule has 0 fully saturated rings. The number of benzene rings is 1. The van der Waals surface area contributed by atoms with E-state index < -0.39 is 0 Å². The van der Waals surface area contributed by atoms with Gasteiger partial charge < -0.3 is 10.6 Å². The summed E-state index contributed by atoms with van der Waals surface area (Å²) >= 11 is 1.86. The molecule has 0 aliphatic heterocycles. The van der Waals surface area contributed by atoms with Crippen LogP contribution in [0.25, 0.3) is 0 Å². The van der Waals surface area contributed by atoms with E-state index >= 15 is 0 Å². The van der Waals surface area contributed by atoms with Crippen molar-refractivity contribution >= 4 is 17.7 Å². The first-order valence-electron chi connectivity index (χ1n) is 6.28. The Balaban J connectivity index is 2.33. The Morgan fingerprint density at radius 2 is 1.94 bits per heavy atom. The highest BCUT2D eigenvalue weighted by molar-refractivity contribution is 7.99. The summed E-state index contributed by atoms with van der Waals surface area (Å²) in [5, 5.41) is 6.31. The zero-order valence-corrected chi connectivity index (χ0v) is 12.1. The van der Waals surface area contributed by atoms with E-state index in [-0.39, 0.29) is 5.91 Å². The van der Waals surface area contributed by atoms with E-state index in [1.54, 1.807) is 7.05 Å². The molecule has 0 aliphatic carbocycles. The molecule has 0 heterocycles. The summed E-state index contributed by atoms with van der Waals surface area (Å²) in [5.74, 6) is 0.0458. The molecular weight excluding hydrogens is 244 g/mol. The topological polar surface area (TPSA) is 41.1 Å². The van der Waals surface area contributed by atoms with E-state index in [0.717, 1.165) is 6.42 Å². The van der Waals surface area contributed by atoms with Crippen LogP contribution in [0, 0.1) is 0 Å². The van der Waals surface area contributed by atoms with Gasteiger partial charge in [-0.1, -0.05) is 26.0 Å². The van der Waals surface area contributed by atoms with Gasteiger partial charge in [0.25, 0.3) is 0 Å². The minimum atomic E-state index is 0.0458. The summed E-state index contributed by atoms with van der Waals surface area (Å²) in [4.78, 5) is 12.5. The Labute approximate surface area is 114 Å². The average molecular weight is 266 g/mol. The molecule has 0 saturated carbocycles. The van der Waals surface area contributed by atoms with Gasteiger partial charge in [-0.15, -0.1) is 11.8 Å². The summed E-state index contributed by atoms with van der Waals surface area (Å²) in [6.45, 7) is 5.45. The molecule has 1 aromatic carbocycles. The second-order valence-corrected chi connectivity index (χ2v) is 6.09. The van der Waals surface area contributed by atoms with Crippen LogP contribution in [0.3, 0.4) is 0 Å². The average Bonchev–Trinajstić information content (AvgIpc) is 2.31. The second kappa shape index (κ2) is 8.16. The van der Waals surface area contributed by atoms with Gasteiger partial charge in [0.1, 0.15) is 0 Å². The number of hydrogen-bond donors (Lipinski definition) is 2. The standard InChI is InChI=1S/C14H22N2OS/c1-11(2)18-13-6-4-12(5-7-13)8-9-16-14(17)10-15-3/h4-7,11,15H,8-10H2,1-3H3,(H,16,17). The highest BCUT2D eigenvalue weighted by Gasteiger charge is 2.00. The summed E-state index contributed by atoms with van der Waals surface area (Å²) in [5.41, 5.74) is 1.26. The van der Waals surface area contributed by atoms with Crippen molar-refractivity contribution in [2.75, 3.05) is 20.1 Å². The number of hydrogen-bond acceptors (Lipinski definition) is 3. The SMILES string of the molecule is CNCC(=O)NCCc1ccc(SC(C)C)cc1. The van der Waals surface area contributed by atoms with Crippen molar-refractivity contribution in [1.82, 2.24) is 10.6 Å². The molecule has 0 bridgehead atoms. The maximum Gasteiger partial charge on any atom is 0.233 e. The van der Waals surface area contributed by atoms with Gasteiger partial charge in [0.15, 0.2) is 0 Å². The van der Waals surface area contributed by atoms with Gasteiger partial charge in [0.05, 0.1) is 6.54 Å². The van der Waals surface area contributed by atoms with Crippen molar-refractivity contribution < 1.29 is 4.79 Å². The van der Waals surface area contributed by atoms with E-state index in [2.05, 4.69) is 48.7 Å². The van der Waals surface area contributed by atoms with Gasteiger partial charge in [-0.05, 0) is 31.2 Å². The van der Waals surface area contributed by atoms with Crippen molar-refractivity contribution in [3.63, 3.8) is 0 Å². The molecule has 100 valence electrons. The maximum atomic E-state index is 11.2. The third-order valence-corrected chi connectivity index (χ3v) is 3.38. The summed E-state index contributed by atoms with van der Waals surface area (Å²) < 4.78 is 0. The van der Waals surface area contributed by atoms with Gasteiger partial charge >= 0.3 is 0 Å². The fraction of sp³-hybridized carbons (Fsp3) is 0.500. The summed E-state index contributed by atoms with van der Waals surface area (Å²) in [6.07, 6.45) is 0.877. The van der Waals surface area contributed by atoms with E-state index in [1.165, 1.54) is 10.5 Å². The van der Waals surface area contributed by atoms with Crippen molar-refractivity contribution in [3.8, 4) is 0 Å². The molecule has 1 rings (SSSR count). The first-order valence-corrected chi connectivity index (χ1v) is 7.16. The Morgan fingerprint density at radius 1 is 1.28 bits per heavy atom. The first kappa shape index (κ1) is 15.1. The highest BCUT2D eigenvalue weighted by Crippen LogP contribution is 2.22. The predicted octanol–water partition coefficient (Wildman–Crippen LogP) is 2.07. The zero-order valence-electron chi connectivity index (χ0n) is 11.3. The lowest BCUT2D eigenvalue weighted by atomic mass is 10.1. The molecule has 4 heteroatoms. The Morgan fingerprint density at radius 3 is 2.50 bits per heavy atom. The van der Waals surface area contributed by atoms with Crippen LogP contribution in [0.4, 0.5) is 0 Å². The van der Waals surface area contributed by atoms with Crippen LogP contribution in [0.5, 0.6) is 0 Å². The molecule has 18 heavy (non-hydrogen) atoms. The fourth-order valence-corrected chi connectivity index (χ4v) is 2.41. The molecule has 0 aromatic heterocycles. The van der Waals surface area contributed by atoms with Crippen molar-refractivity contribution in [1.29, 1.82) is 0 Å². The van der Waals surface area contributed by atoms with Crippen LogP contribution in [-0.2, 0) is 11.2 Å². The van der Waals surface area contributed by atoms with Crippen molar-refractivity contribution in [3.05, 3.63) is 29.8 Å². The molecule has 3 nitrogen and oxygen atoms in total. The summed E-state index contributed by atoms with van der Waals surface area (Å²) in [6, 6.07) is 8.56. The third kappa shape index (κ3) is 6.07. The molecule has 0 unspecified atom stereocenters. The van der Waals surface area contributed by atoms with Gasteiger partial charge in [-0.3, -0.25) is 4.79 Å². The monoisotopic (exact) mass is 266 g/mol. The fourth-order valence-electron chi connectivity index (χ4n) is 1.58. The van der Waals surface area contributed by atoms with Crippen LogP contribution in [0.2, 0.25) is 0 Å². The van der Waals surface area contributed by atoms with Gasteiger partial charge in [-0.25, -0.2) is 0 Å². The molecule has 0 atom stereocenters. The Bertz CT molecular complexity index is 363. The lowest BCUT2D eigenvalue weighted by molar-refractivity contribution is -0.120.